The molecule has 0 atom stereocenters. The maximum Gasteiger partial charge on any atom is 0.243 e. The van der Waals surface area contributed by atoms with E-state index < -0.39 is 10.0 Å². The minimum absolute atomic E-state index is 0.142. The number of sulfonamides is 1. The maximum absolute atomic E-state index is 12.9. The second kappa shape index (κ2) is 8.33. The first-order valence-electron chi connectivity index (χ1n) is 7.47. The number of methoxy groups -OCH3 is 1. The summed E-state index contributed by atoms with van der Waals surface area (Å²) in [6.07, 6.45) is 2.20. The van der Waals surface area contributed by atoms with Crippen LogP contribution in [0.25, 0.3) is 0 Å². The summed E-state index contributed by atoms with van der Waals surface area (Å²) in [4.78, 5) is 0.142. The maximum atomic E-state index is 12.9. The van der Waals surface area contributed by atoms with E-state index in [0.717, 1.165) is 5.56 Å². The van der Waals surface area contributed by atoms with Crippen molar-refractivity contribution in [2.24, 2.45) is 0 Å². The molecule has 128 valence electrons. The zero-order valence-corrected chi connectivity index (χ0v) is 15.1. The molecule has 4 nitrogen and oxygen atoms in total. The quantitative estimate of drug-likeness (QED) is 0.669. The molecule has 0 aliphatic heterocycles. The van der Waals surface area contributed by atoms with Crippen molar-refractivity contribution in [3.05, 3.63) is 71.8 Å². The molecule has 0 N–H and O–H groups in total. The zero-order chi connectivity index (χ0) is 17.6. The molecule has 6 heteroatoms. The Bertz CT molecular complexity index is 791. The molecule has 0 saturated heterocycles. The molecule has 0 saturated carbocycles. The fraction of sp³-hybridized carbons (Fsp3) is 0.222. The van der Waals surface area contributed by atoms with Gasteiger partial charge in [-0.3, -0.25) is 0 Å². The molecule has 0 aliphatic carbocycles. The molecular weight excluding hydrogens is 346 g/mol. The summed E-state index contributed by atoms with van der Waals surface area (Å²) in [7, 11) is -2.17. The lowest BCUT2D eigenvalue weighted by atomic mass is 10.1. The Kier molecular flexibility index (Phi) is 6.43. The molecular formula is C18H20ClNO3S. The van der Waals surface area contributed by atoms with Gasteiger partial charge in [0.05, 0.1) is 17.0 Å². The highest BCUT2D eigenvalue weighted by atomic mass is 35.5. The highest BCUT2D eigenvalue weighted by Gasteiger charge is 2.24. The Morgan fingerprint density at radius 1 is 1.21 bits per heavy atom. The average molecular weight is 366 g/mol. The molecule has 2 aromatic rings. The lowest BCUT2D eigenvalue weighted by molar-refractivity contribution is 0.414. The van der Waals surface area contributed by atoms with Gasteiger partial charge in [0.1, 0.15) is 5.75 Å². The monoisotopic (exact) mass is 365 g/mol. The molecule has 0 fully saturated rings. The summed E-state index contributed by atoms with van der Waals surface area (Å²) < 4.78 is 32.2. The van der Waals surface area contributed by atoms with E-state index in [1.165, 1.54) is 23.5 Å². The van der Waals surface area contributed by atoms with E-state index in [9.17, 15) is 8.42 Å². The van der Waals surface area contributed by atoms with Crippen molar-refractivity contribution in [3.8, 4) is 5.75 Å². The van der Waals surface area contributed by atoms with Crippen LogP contribution in [-0.4, -0.2) is 32.9 Å². The Hall–Kier alpha value is -1.82. The van der Waals surface area contributed by atoms with Crippen molar-refractivity contribution in [1.82, 2.24) is 4.31 Å². The number of hydrogen-bond acceptors (Lipinski definition) is 3. The van der Waals surface area contributed by atoms with Gasteiger partial charge in [-0.25, -0.2) is 8.42 Å². The van der Waals surface area contributed by atoms with E-state index in [-0.39, 0.29) is 16.5 Å². The molecule has 0 aliphatic rings. The third-order valence-corrected chi connectivity index (χ3v) is 5.74. The van der Waals surface area contributed by atoms with E-state index in [1.807, 2.05) is 30.3 Å². The fourth-order valence-corrected chi connectivity index (χ4v) is 4.07. The zero-order valence-electron chi connectivity index (χ0n) is 13.5. The first-order valence-corrected chi connectivity index (χ1v) is 9.29. The largest absolute Gasteiger partial charge is 0.495 e. The molecule has 0 radical (unpaired) electrons. The summed E-state index contributed by atoms with van der Waals surface area (Å²) in [5.74, 6) is 0.440. The third kappa shape index (κ3) is 4.38. The number of hydrogen-bond donors (Lipinski definition) is 0. The minimum atomic E-state index is -3.66. The van der Waals surface area contributed by atoms with Gasteiger partial charge in [0.15, 0.2) is 0 Å². The lowest BCUT2D eigenvalue weighted by Gasteiger charge is -2.21. The van der Waals surface area contributed by atoms with Crippen molar-refractivity contribution >= 4 is 21.6 Å². The third-order valence-electron chi connectivity index (χ3n) is 3.59. The molecule has 2 rings (SSSR count). The highest BCUT2D eigenvalue weighted by Crippen LogP contribution is 2.28. The van der Waals surface area contributed by atoms with Gasteiger partial charge in [-0.1, -0.05) is 48.0 Å². The van der Waals surface area contributed by atoms with Gasteiger partial charge in [0.2, 0.25) is 10.0 Å². The highest BCUT2D eigenvalue weighted by molar-refractivity contribution is 7.89. The molecule has 0 bridgehead atoms. The summed E-state index contributed by atoms with van der Waals surface area (Å²) >= 11 is 6.06. The number of rotatable bonds is 8. The van der Waals surface area contributed by atoms with Gasteiger partial charge < -0.3 is 4.74 Å². The van der Waals surface area contributed by atoms with E-state index in [0.29, 0.717) is 18.7 Å². The second-order valence-corrected chi connectivity index (χ2v) is 7.53. The van der Waals surface area contributed by atoms with E-state index >= 15 is 0 Å². The predicted octanol–water partition coefficient (Wildman–Crippen LogP) is 3.77. The Balaban J connectivity index is 2.24. The van der Waals surface area contributed by atoms with Crippen molar-refractivity contribution in [1.29, 1.82) is 0 Å². The van der Waals surface area contributed by atoms with Crippen LogP contribution in [0.15, 0.2) is 66.1 Å². The average Bonchev–Trinajstić information content (AvgIpc) is 2.59. The number of benzene rings is 2. The van der Waals surface area contributed by atoms with Crippen LogP contribution in [0.3, 0.4) is 0 Å². The number of nitrogens with zero attached hydrogens (tertiary/aromatic N) is 1. The van der Waals surface area contributed by atoms with Crippen molar-refractivity contribution in [3.63, 3.8) is 0 Å². The summed E-state index contributed by atoms with van der Waals surface area (Å²) in [6.45, 7) is 4.25. The second-order valence-electron chi connectivity index (χ2n) is 5.18. The van der Waals surface area contributed by atoms with Crippen LogP contribution in [0.4, 0.5) is 0 Å². The summed E-state index contributed by atoms with van der Waals surface area (Å²) in [5.41, 5.74) is 1.08. The molecule has 24 heavy (non-hydrogen) atoms. The fourth-order valence-electron chi connectivity index (χ4n) is 2.31. The van der Waals surface area contributed by atoms with Crippen LogP contribution in [0.5, 0.6) is 5.75 Å². The SMILES string of the molecule is C=CCN(CCc1ccccc1)S(=O)(=O)c1ccc(OC)c(Cl)c1. The molecule has 2 aromatic carbocycles. The normalized spacial score (nSPS) is 11.5. The number of ether oxygens (including phenoxy) is 1. The van der Waals surface area contributed by atoms with Crippen LogP contribution in [0.2, 0.25) is 5.02 Å². The topological polar surface area (TPSA) is 46.6 Å². The van der Waals surface area contributed by atoms with Crippen LogP contribution < -0.4 is 4.74 Å². The van der Waals surface area contributed by atoms with Gasteiger partial charge in [-0.2, -0.15) is 4.31 Å². The van der Waals surface area contributed by atoms with Crippen LogP contribution in [0, 0.1) is 0 Å². The first-order chi connectivity index (χ1) is 11.5. The number of halogens is 1. The van der Waals surface area contributed by atoms with Crippen molar-refractivity contribution in [2.75, 3.05) is 20.2 Å². The van der Waals surface area contributed by atoms with Crippen LogP contribution >= 0.6 is 11.6 Å². The summed E-state index contributed by atoms with van der Waals surface area (Å²) in [6, 6.07) is 14.2. The molecule has 0 heterocycles. The standard InChI is InChI=1S/C18H20ClNO3S/c1-3-12-20(13-11-15-7-5-4-6-8-15)24(21,22)16-9-10-18(23-2)17(19)14-16/h3-10,14H,1,11-13H2,2H3. The smallest absolute Gasteiger partial charge is 0.243 e. The van der Waals surface area contributed by atoms with Gasteiger partial charge in [0, 0.05) is 13.1 Å². The first kappa shape index (κ1) is 18.5. The Morgan fingerprint density at radius 3 is 2.50 bits per heavy atom. The molecule has 0 amide bonds. The Morgan fingerprint density at radius 2 is 1.92 bits per heavy atom. The van der Waals surface area contributed by atoms with E-state index in [2.05, 4.69) is 6.58 Å². The molecule has 0 spiro atoms. The predicted molar refractivity (Wildman–Crippen MR) is 97.1 cm³/mol. The Labute approximate surface area is 148 Å². The summed E-state index contributed by atoms with van der Waals surface area (Å²) in [5, 5.41) is 0.264. The van der Waals surface area contributed by atoms with Crippen molar-refractivity contribution in [2.45, 2.75) is 11.3 Å². The van der Waals surface area contributed by atoms with E-state index in [4.69, 9.17) is 16.3 Å². The van der Waals surface area contributed by atoms with Gasteiger partial charge >= 0.3 is 0 Å². The van der Waals surface area contributed by atoms with Gasteiger partial charge in [-0.15, -0.1) is 6.58 Å². The molecule has 0 unspecified atom stereocenters. The molecule has 0 aromatic heterocycles. The van der Waals surface area contributed by atoms with E-state index in [1.54, 1.807) is 12.1 Å². The van der Waals surface area contributed by atoms with Crippen molar-refractivity contribution < 1.29 is 13.2 Å². The van der Waals surface area contributed by atoms with Crippen LogP contribution in [-0.2, 0) is 16.4 Å². The van der Waals surface area contributed by atoms with Gasteiger partial charge in [-0.05, 0) is 30.2 Å². The minimum Gasteiger partial charge on any atom is -0.495 e. The van der Waals surface area contributed by atoms with Gasteiger partial charge in [0.25, 0.3) is 0 Å². The van der Waals surface area contributed by atoms with Crippen LogP contribution in [0.1, 0.15) is 5.56 Å². The lowest BCUT2D eigenvalue weighted by Crippen LogP contribution is -2.33.